The monoisotopic (exact) mass is 408 g/mol. The number of nitrogens with one attached hydrogen (secondary N) is 1. The van der Waals surface area contributed by atoms with Crippen molar-refractivity contribution in [1.82, 2.24) is 15.1 Å². The molecular weight excluding hydrogens is 384 g/mol. The first-order chi connectivity index (χ1) is 13.7. The van der Waals surface area contributed by atoms with Gasteiger partial charge in [0, 0.05) is 44.4 Å². The molecule has 1 aliphatic rings. The molecule has 1 fully saturated rings. The summed E-state index contributed by atoms with van der Waals surface area (Å²) in [5.74, 6) is -1.97. The largest absolute Gasteiger partial charge is 0.478 e. The predicted molar refractivity (Wildman–Crippen MR) is 102 cm³/mol. The van der Waals surface area contributed by atoms with Gasteiger partial charge in [0.2, 0.25) is 5.91 Å². The summed E-state index contributed by atoms with van der Waals surface area (Å²) in [6, 6.07) is 3.22. The second-order valence-electron chi connectivity index (χ2n) is 6.91. The van der Waals surface area contributed by atoms with Gasteiger partial charge in [-0.1, -0.05) is 0 Å². The van der Waals surface area contributed by atoms with Crippen molar-refractivity contribution in [2.75, 3.05) is 39.3 Å². The highest BCUT2D eigenvalue weighted by molar-refractivity contribution is 5.88. The molecule has 1 aliphatic heterocycles. The summed E-state index contributed by atoms with van der Waals surface area (Å²) in [7, 11) is 0. The van der Waals surface area contributed by atoms with Crippen molar-refractivity contribution in [3.63, 3.8) is 0 Å². The summed E-state index contributed by atoms with van der Waals surface area (Å²) < 4.78 is 5.27. The van der Waals surface area contributed by atoms with E-state index in [0.29, 0.717) is 26.2 Å². The van der Waals surface area contributed by atoms with Crippen LogP contribution in [0.25, 0.3) is 0 Å². The van der Waals surface area contributed by atoms with Gasteiger partial charge in [0.15, 0.2) is 12.4 Å². The quantitative estimate of drug-likeness (QED) is 0.463. The number of amides is 2. The van der Waals surface area contributed by atoms with Crippen LogP contribution in [-0.4, -0.2) is 83.0 Å². The van der Waals surface area contributed by atoms with Crippen molar-refractivity contribution in [3.8, 4) is 5.75 Å². The number of nitro groups is 1. The van der Waals surface area contributed by atoms with Crippen LogP contribution in [0.3, 0.4) is 0 Å². The number of nitro benzene ring substituents is 1. The highest BCUT2D eigenvalue weighted by Crippen LogP contribution is 2.28. The summed E-state index contributed by atoms with van der Waals surface area (Å²) in [6.45, 7) is 5.40. The van der Waals surface area contributed by atoms with E-state index >= 15 is 0 Å². The molecule has 0 aromatic heterocycles. The van der Waals surface area contributed by atoms with Crippen LogP contribution in [-0.2, 0) is 9.59 Å². The maximum absolute atomic E-state index is 12.4. The van der Waals surface area contributed by atoms with E-state index in [1.165, 1.54) is 0 Å². The van der Waals surface area contributed by atoms with Gasteiger partial charge >= 0.3 is 11.7 Å². The van der Waals surface area contributed by atoms with Crippen LogP contribution in [0, 0.1) is 10.1 Å². The van der Waals surface area contributed by atoms with Gasteiger partial charge in [-0.2, -0.15) is 0 Å². The van der Waals surface area contributed by atoms with Crippen molar-refractivity contribution in [2.45, 2.75) is 19.9 Å². The molecule has 158 valence electrons. The van der Waals surface area contributed by atoms with Crippen LogP contribution < -0.4 is 10.1 Å². The van der Waals surface area contributed by atoms with Crippen molar-refractivity contribution in [2.24, 2.45) is 0 Å². The zero-order valence-corrected chi connectivity index (χ0v) is 16.3. The van der Waals surface area contributed by atoms with E-state index < -0.39 is 23.2 Å². The molecule has 1 saturated heterocycles. The first kappa shape index (κ1) is 22.1. The predicted octanol–water partition coefficient (Wildman–Crippen LogP) is 0.341. The van der Waals surface area contributed by atoms with E-state index in [2.05, 4.69) is 5.32 Å². The molecule has 0 spiro atoms. The maximum Gasteiger partial charge on any atom is 0.335 e. The highest BCUT2D eigenvalue weighted by Gasteiger charge is 2.24. The van der Waals surface area contributed by atoms with Gasteiger partial charge in [0.25, 0.3) is 5.91 Å². The van der Waals surface area contributed by atoms with Gasteiger partial charge in [-0.05, 0) is 19.9 Å². The van der Waals surface area contributed by atoms with E-state index in [-0.39, 0.29) is 35.7 Å². The Kier molecular flexibility index (Phi) is 7.48. The van der Waals surface area contributed by atoms with Crippen molar-refractivity contribution in [1.29, 1.82) is 0 Å². The molecule has 1 heterocycles. The normalized spacial score (nSPS) is 14.5. The number of ether oxygens (including phenoxy) is 1. The molecule has 0 bridgehead atoms. The Hall–Kier alpha value is -3.21. The molecule has 0 unspecified atom stereocenters. The van der Waals surface area contributed by atoms with Gasteiger partial charge in [-0.3, -0.25) is 24.6 Å². The Morgan fingerprint density at radius 3 is 2.45 bits per heavy atom. The van der Waals surface area contributed by atoms with Gasteiger partial charge < -0.3 is 20.1 Å². The summed E-state index contributed by atoms with van der Waals surface area (Å²) in [6.07, 6.45) is 0. The molecule has 0 atom stereocenters. The third-order valence-corrected chi connectivity index (χ3v) is 4.30. The Bertz CT molecular complexity index is 788. The molecule has 0 aliphatic carbocycles. The fourth-order valence-corrected chi connectivity index (χ4v) is 2.87. The van der Waals surface area contributed by atoms with Crippen molar-refractivity contribution >= 4 is 23.5 Å². The smallest absolute Gasteiger partial charge is 0.335 e. The summed E-state index contributed by atoms with van der Waals surface area (Å²) in [4.78, 5) is 49.1. The van der Waals surface area contributed by atoms with E-state index in [1.54, 1.807) is 4.90 Å². The Morgan fingerprint density at radius 2 is 1.90 bits per heavy atom. The fourth-order valence-electron chi connectivity index (χ4n) is 2.87. The average molecular weight is 408 g/mol. The van der Waals surface area contributed by atoms with Crippen molar-refractivity contribution in [3.05, 3.63) is 33.9 Å². The van der Waals surface area contributed by atoms with Crippen LogP contribution >= 0.6 is 0 Å². The molecule has 29 heavy (non-hydrogen) atoms. The number of aromatic carboxylic acids is 1. The standard InChI is InChI=1S/C18H24N4O7/c1-12(2)19-16(23)10-20-5-7-21(8-6-20)17(24)11-29-15-9-13(18(25)26)3-4-14(15)22(27)28/h3-4,9,12H,5-8,10-11H2,1-2H3,(H,19,23)(H,25,26). The second kappa shape index (κ2) is 9.82. The minimum atomic E-state index is -1.26. The molecule has 0 radical (unpaired) electrons. The molecule has 11 nitrogen and oxygen atoms in total. The minimum Gasteiger partial charge on any atom is -0.478 e. The van der Waals surface area contributed by atoms with Crippen LogP contribution in [0.2, 0.25) is 0 Å². The lowest BCUT2D eigenvalue weighted by molar-refractivity contribution is -0.385. The summed E-state index contributed by atoms with van der Waals surface area (Å²) in [5.41, 5.74) is -0.588. The summed E-state index contributed by atoms with van der Waals surface area (Å²) in [5, 5.41) is 22.9. The molecule has 2 rings (SSSR count). The average Bonchev–Trinajstić information content (AvgIpc) is 2.65. The van der Waals surface area contributed by atoms with Gasteiger partial charge in [0.1, 0.15) is 0 Å². The van der Waals surface area contributed by atoms with Crippen LogP contribution in [0.1, 0.15) is 24.2 Å². The lowest BCUT2D eigenvalue weighted by Crippen LogP contribution is -2.52. The Balaban J connectivity index is 1.89. The third kappa shape index (κ3) is 6.42. The number of nitrogens with zero attached hydrogens (tertiary/aromatic N) is 3. The number of rotatable bonds is 8. The van der Waals surface area contributed by atoms with Gasteiger partial charge in [0.05, 0.1) is 17.0 Å². The van der Waals surface area contributed by atoms with Crippen molar-refractivity contribution < 1.29 is 29.2 Å². The number of carboxylic acids is 1. The topological polar surface area (TPSA) is 142 Å². The highest BCUT2D eigenvalue weighted by atomic mass is 16.6. The van der Waals surface area contributed by atoms with E-state index in [0.717, 1.165) is 18.2 Å². The molecule has 1 aromatic rings. The molecule has 1 aromatic carbocycles. The zero-order chi connectivity index (χ0) is 21.6. The molecule has 11 heteroatoms. The first-order valence-corrected chi connectivity index (χ1v) is 9.11. The molecule has 0 saturated carbocycles. The fraction of sp³-hybridized carbons (Fsp3) is 0.500. The van der Waals surface area contributed by atoms with Crippen LogP contribution in [0.15, 0.2) is 18.2 Å². The van der Waals surface area contributed by atoms with Crippen LogP contribution in [0.5, 0.6) is 5.75 Å². The van der Waals surface area contributed by atoms with E-state index in [9.17, 15) is 24.5 Å². The van der Waals surface area contributed by atoms with E-state index in [1.807, 2.05) is 18.7 Å². The number of carboxylic acid groups (broad SMARTS) is 1. The number of hydrogen-bond acceptors (Lipinski definition) is 7. The molecular formula is C18H24N4O7. The Labute approximate surface area is 167 Å². The minimum absolute atomic E-state index is 0.0613. The van der Waals surface area contributed by atoms with Gasteiger partial charge in [-0.15, -0.1) is 0 Å². The maximum atomic E-state index is 12.4. The van der Waals surface area contributed by atoms with E-state index in [4.69, 9.17) is 9.84 Å². The Morgan fingerprint density at radius 1 is 1.24 bits per heavy atom. The first-order valence-electron chi connectivity index (χ1n) is 9.11. The number of piperazine rings is 1. The zero-order valence-electron chi connectivity index (χ0n) is 16.3. The molecule has 2 N–H and O–H groups in total. The summed E-state index contributed by atoms with van der Waals surface area (Å²) >= 11 is 0. The SMILES string of the molecule is CC(C)NC(=O)CN1CCN(C(=O)COc2cc(C(=O)O)ccc2[N+](=O)[O-])CC1. The second-order valence-corrected chi connectivity index (χ2v) is 6.91. The number of benzene rings is 1. The van der Waals surface area contributed by atoms with Gasteiger partial charge in [-0.25, -0.2) is 4.79 Å². The lowest BCUT2D eigenvalue weighted by Gasteiger charge is -2.34. The van der Waals surface area contributed by atoms with Crippen LogP contribution in [0.4, 0.5) is 5.69 Å². The number of carbonyl (C=O) groups is 3. The number of carbonyl (C=O) groups excluding carboxylic acids is 2. The number of hydrogen-bond donors (Lipinski definition) is 2. The third-order valence-electron chi connectivity index (χ3n) is 4.30. The lowest BCUT2D eigenvalue weighted by atomic mass is 10.2. The molecule has 2 amide bonds.